The molecule has 0 radical (unpaired) electrons. The Morgan fingerprint density at radius 3 is 2.71 bits per heavy atom. The summed E-state index contributed by atoms with van der Waals surface area (Å²) in [6.45, 7) is 2.23. The van der Waals surface area contributed by atoms with Crippen LogP contribution < -0.4 is 10.5 Å². The monoisotopic (exact) mass is 236 g/mol. The van der Waals surface area contributed by atoms with Gasteiger partial charge in [0.25, 0.3) is 0 Å². The second-order valence-electron chi connectivity index (χ2n) is 4.52. The van der Waals surface area contributed by atoms with Gasteiger partial charge in [0.2, 0.25) is 5.88 Å². The molecule has 0 amide bonds. The van der Waals surface area contributed by atoms with E-state index in [2.05, 4.69) is 11.9 Å². The van der Waals surface area contributed by atoms with E-state index in [0.29, 0.717) is 5.88 Å². The molecule has 1 aromatic rings. The lowest BCUT2D eigenvalue weighted by atomic mass is 10.0. The van der Waals surface area contributed by atoms with Crippen molar-refractivity contribution in [2.24, 2.45) is 5.73 Å². The van der Waals surface area contributed by atoms with Gasteiger partial charge in [0.15, 0.2) is 0 Å². The minimum atomic E-state index is 0.252. The van der Waals surface area contributed by atoms with Crippen molar-refractivity contribution in [1.29, 1.82) is 0 Å². The zero-order valence-electron chi connectivity index (χ0n) is 11.0. The molecule has 2 N–H and O–H groups in total. The molecule has 0 fully saturated rings. The van der Waals surface area contributed by atoms with Crippen LogP contribution in [0.15, 0.2) is 18.3 Å². The van der Waals surface area contributed by atoms with E-state index >= 15 is 0 Å². The third-order valence-corrected chi connectivity index (χ3v) is 2.93. The first-order chi connectivity index (χ1) is 8.26. The Balaban J connectivity index is 2.26. The van der Waals surface area contributed by atoms with Crippen LogP contribution in [0.4, 0.5) is 0 Å². The van der Waals surface area contributed by atoms with Crippen molar-refractivity contribution in [2.45, 2.75) is 51.5 Å². The Hall–Kier alpha value is -1.09. The molecule has 0 saturated heterocycles. The minimum absolute atomic E-state index is 0.252. The maximum Gasteiger partial charge on any atom is 0.212 e. The minimum Gasteiger partial charge on any atom is -0.481 e. The zero-order chi connectivity index (χ0) is 12.5. The van der Waals surface area contributed by atoms with E-state index < -0.39 is 0 Å². The van der Waals surface area contributed by atoms with Crippen molar-refractivity contribution in [3.05, 3.63) is 23.9 Å². The molecule has 0 aromatic carbocycles. The largest absolute Gasteiger partial charge is 0.481 e. The van der Waals surface area contributed by atoms with Crippen LogP contribution in [-0.2, 0) is 6.42 Å². The van der Waals surface area contributed by atoms with Crippen molar-refractivity contribution < 1.29 is 4.74 Å². The Bertz CT molecular complexity index is 298. The number of nitrogens with zero attached hydrogens (tertiary/aromatic N) is 1. The topological polar surface area (TPSA) is 48.1 Å². The molecule has 1 aromatic heterocycles. The molecular weight excluding hydrogens is 212 g/mol. The fraction of sp³-hybridized carbons (Fsp3) is 0.643. The van der Waals surface area contributed by atoms with Crippen LogP contribution in [0.1, 0.15) is 44.6 Å². The van der Waals surface area contributed by atoms with Crippen LogP contribution >= 0.6 is 0 Å². The summed E-state index contributed by atoms with van der Waals surface area (Å²) in [5.74, 6) is 0.658. The van der Waals surface area contributed by atoms with Gasteiger partial charge in [-0.15, -0.1) is 0 Å². The average Bonchev–Trinajstić information content (AvgIpc) is 2.36. The van der Waals surface area contributed by atoms with E-state index in [4.69, 9.17) is 10.5 Å². The van der Waals surface area contributed by atoms with Gasteiger partial charge in [0.05, 0.1) is 7.11 Å². The number of ether oxygens (including phenoxy) is 1. The highest BCUT2D eigenvalue weighted by molar-refractivity contribution is 5.18. The predicted molar refractivity (Wildman–Crippen MR) is 71.2 cm³/mol. The van der Waals surface area contributed by atoms with Crippen LogP contribution in [0.2, 0.25) is 0 Å². The molecule has 0 aliphatic rings. The van der Waals surface area contributed by atoms with Crippen molar-refractivity contribution in [3.63, 3.8) is 0 Å². The number of nitrogens with two attached hydrogens (primary N) is 1. The Kier molecular flexibility index (Phi) is 6.63. The number of pyridine rings is 1. The van der Waals surface area contributed by atoms with Gasteiger partial charge >= 0.3 is 0 Å². The van der Waals surface area contributed by atoms with Crippen LogP contribution in [0.5, 0.6) is 5.88 Å². The second-order valence-corrected chi connectivity index (χ2v) is 4.52. The van der Waals surface area contributed by atoms with Crippen LogP contribution in [0.3, 0.4) is 0 Å². The van der Waals surface area contributed by atoms with Gasteiger partial charge in [-0.2, -0.15) is 0 Å². The third-order valence-electron chi connectivity index (χ3n) is 2.93. The van der Waals surface area contributed by atoms with Crippen LogP contribution in [0, 0.1) is 0 Å². The summed E-state index contributed by atoms with van der Waals surface area (Å²) < 4.78 is 5.02. The molecule has 3 heteroatoms. The normalized spacial score (nSPS) is 12.4. The molecule has 17 heavy (non-hydrogen) atoms. The highest BCUT2D eigenvalue weighted by atomic mass is 16.5. The van der Waals surface area contributed by atoms with E-state index in [9.17, 15) is 0 Å². The van der Waals surface area contributed by atoms with Gasteiger partial charge in [-0.1, -0.05) is 38.7 Å². The van der Waals surface area contributed by atoms with Gasteiger partial charge in [-0.3, -0.25) is 0 Å². The molecule has 0 aliphatic carbocycles. The molecule has 0 aliphatic heterocycles. The molecule has 96 valence electrons. The number of rotatable bonds is 8. The molecular formula is C14H24N2O. The van der Waals surface area contributed by atoms with E-state index in [-0.39, 0.29) is 6.04 Å². The number of hydrogen-bond donors (Lipinski definition) is 1. The van der Waals surface area contributed by atoms with Gasteiger partial charge in [0, 0.05) is 18.3 Å². The third kappa shape index (κ3) is 5.68. The van der Waals surface area contributed by atoms with Gasteiger partial charge in [0.1, 0.15) is 0 Å². The van der Waals surface area contributed by atoms with Crippen LogP contribution in [0.25, 0.3) is 0 Å². The summed E-state index contributed by atoms with van der Waals surface area (Å²) in [6.07, 6.45) is 8.98. The maximum atomic E-state index is 6.10. The predicted octanol–water partition coefficient (Wildman–Crippen LogP) is 2.93. The van der Waals surface area contributed by atoms with E-state index in [1.807, 2.05) is 18.3 Å². The second kappa shape index (κ2) is 8.07. The standard InChI is InChI=1S/C14H24N2O/c1-3-4-5-6-7-13(15)10-12-8-9-14(17-2)16-11-12/h8-9,11,13H,3-7,10,15H2,1-2H3. The quantitative estimate of drug-likeness (QED) is 0.706. The van der Waals surface area contributed by atoms with Gasteiger partial charge in [-0.05, 0) is 18.4 Å². The zero-order valence-corrected chi connectivity index (χ0v) is 11.0. The van der Waals surface area contributed by atoms with E-state index in [0.717, 1.165) is 12.8 Å². The van der Waals surface area contributed by atoms with Crippen molar-refractivity contribution >= 4 is 0 Å². The summed E-state index contributed by atoms with van der Waals surface area (Å²) in [6, 6.07) is 4.18. The highest BCUT2D eigenvalue weighted by Crippen LogP contribution is 2.11. The first kappa shape index (κ1) is 14.0. The summed E-state index contributed by atoms with van der Waals surface area (Å²) in [4.78, 5) is 4.18. The molecule has 0 spiro atoms. The van der Waals surface area contributed by atoms with E-state index in [1.165, 1.54) is 31.2 Å². The molecule has 1 atom stereocenters. The first-order valence-corrected chi connectivity index (χ1v) is 6.50. The molecule has 0 saturated carbocycles. The number of unbranched alkanes of at least 4 members (excludes halogenated alkanes) is 3. The van der Waals surface area contributed by atoms with E-state index in [1.54, 1.807) is 7.11 Å². The lowest BCUT2D eigenvalue weighted by Gasteiger charge is -2.11. The Labute approximate surface area is 104 Å². The highest BCUT2D eigenvalue weighted by Gasteiger charge is 2.04. The van der Waals surface area contributed by atoms with Crippen LogP contribution in [-0.4, -0.2) is 18.1 Å². The molecule has 3 nitrogen and oxygen atoms in total. The summed E-state index contributed by atoms with van der Waals surface area (Å²) in [7, 11) is 1.63. The lowest BCUT2D eigenvalue weighted by Crippen LogP contribution is -2.22. The van der Waals surface area contributed by atoms with Crippen molar-refractivity contribution in [1.82, 2.24) is 4.98 Å². The number of aromatic nitrogens is 1. The number of methoxy groups -OCH3 is 1. The first-order valence-electron chi connectivity index (χ1n) is 6.50. The van der Waals surface area contributed by atoms with Crippen molar-refractivity contribution in [2.75, 3.05) is 7.11 Å². The fourth-order valence-electron chi connectivity index (χ4n) is 1.89. The summed E-state index contributed by atoms with van der Waals surface area (Å²) in [5.41, 5.74) is 7.29. The SMILES string of the molecule is CCCCCCC(N)Cc1ccc(OC)nc1. The Morgan fingerprint density at radius 2 is 2.12 bits per heavy atom. The average molecular weight is 236 g/mol. The fourth-order valence-corrected chi connectivity index (χ4v) is 1.89. The Morgan fingerprint density at radius 1 is 1.29 bits per heavy atom. The molecule has 1 heterocycles. The number of hydrogen-bond acceptors (Lipinski definition) is 3. The van der Waals surface area contributed by atoms with Gasteiger partial charge < -0.3 is 10.5 Å². The maximum absolute atomic E-state index is 6.10. The smallest absolute Gasteiger partial charge is 0.212 e. The van der Waals surface area contributed by atoms with Crippen molar-refractivity contribution in [3.8, 4) is 5.88 Å². The summed E-state index contributed by atoms with van der Waals surface area (Å²) >= 11 is 0. The van der Waals surface area contributed by atoms with Gasteiger partial charge in [-0.25, -0.2) is 4.98 Å². The molecule has 0 bridgehead atoms. The summed E-state index contributed by atoms with van der Waals surface area (Å²) in [5, 5.41) is 0. The lowest BCUT2D eigenvalue weighted by molar-refractivity contribution is 0.397. The molecule has 1 rings (SSSR count). The molecule has 1 unspecified atom stereocenters.